The Hall–Kier alpha value is -3.40. The average Bonchev–Trinajstić information content (AvgIpc) is 3.04. The van der Waals surface area contributed by atoms with Crippen molar-refractivity contribution in [1.82, 2.24) is 14.7 Å². The molecule has 0 spiro atoms. The highest BCUT2D eigenvalue weighted by molar-refractivity contribution is 5.79. The lowest BCUT2D eigenvalue weighted by atomic mass is 9.98. The van der Waals surface area contributed by atoms with Crippen LogP contribution in [0.1, 0.15) is 34.1 Å². The first-order chi connectivity index (χ1) is 13.6. The third kappa shape index (κ3) is 3.54. The van der Waals surface area contributed by atoms with Gasteiger partial charge in [-0.1, -0.05) is 66.7 Å². The quantitative estimate of drug-likeness (QED) is 0.567. The van der Waals surface area contributed by atoms with Gasteiger partial charge in [-0.25, -0.2) is 4.98 Å². The van der Waals surface area contributed by atoms with E-state index in [1.54, 1.807) is 0 Å². The van der Waals surface area contributed by atoms with Gasteiger partial charge in [0.15, 0.2) is 0 Å². The number of aryl methyl sites for hydroxylation is 2. The topological polar surface area (TPSA) is 46.4 Å². The maximum absolute atomic E-state index is 13.0. The zero-order valence-corrected chi connectivity index (χ0v) is 16.1. The molecule has 4 rings (SSSR count). The minimum Gasteiger partial charge on any atom is -0.345 e. The van der Waals surface area contributed by atoms with Gasteiger partial charge in [0.2, 0.25) is 5.91 Å². The number of nitrogens with zero attached hydrogens (tertiary/aromatic N) is 2. The largest absolute Gasteiger partial charge is 0.345 e. The molecule has 0 aliphatic heterocycles. The SMILES string of the molecule is Cc1nc2c(C)cccn2c1CC(=O)NC(c1ccccc1)c1ccccc1. The van der Waals surface area contributed by atoms with E-state index < -0.39 is 0 Å². The Balaban J connectivity index is 1.63. The van der Waals surface area contributed by atoms with Crippen LogP contribution in [0, 0.1) is 13.8 Å². The summed E-state index contributed by atoms with van der Waals surface area (Å²) >= 11 is 0. The van der Waals surface area contributed by atoms with Gasteiger partial charge in [-0.2, -0.15) is 0 Å². The smallest absolute Gasteiger partial charge is 0.226 e. The van der Waals surface area contributed by atoms with Gasteiger partial charge in [0.05, 0.1) is 23.9 Å². The number of fused-ring (bicyclic) bond motifs is 1. The molecule has 0 saturated carbocycles. The molecular weight excluding hydrogens is 346 g/mol. The zero-order chi connectivity index (χ0) is 19.5. The second kappa shape index (κ2) is 7.69. The first-order valence-electron chi connectivity index (χ1n) is 9.46. The van der Waals surface area contributed by atoms with Crippen LogP contribution in [0.5, 0.6) is 0 Å². The summed E-state index contributed by atoms with van der Waals surface area (Å²) < 4.78 is 2.02. The summed E-state index contributed by atoms with van der Waals surface area (Å²) in [5.41, 5.74) is 5.95. The van der Waals surface area contributed by atoms with Crippen molar-refractivity contribution < 1.29 is 4.79 Å². The molecule has 0 atom stereocenters. The second-order valence-corrected chi connectivity index (χ2v) is 7.03. The number of aromatic nitrogens is 2. The van der Waals surface area contributed by atoms with Gasteiger partial charge < -0.3 is 9.72 Å². The molecule has 2 aromatic heterocycles. The number of imidazole rings is 1. The van der Waals surface area contributed by atoms with Gasteiger partial charge in [-0.05, 0) is 36.6 Å². The summed E-state index contributed by atoms with van der Waals surface area (Å²) in [7, 11) is 0. The van der Waals surface area contributed by atoms with Crippen molar-refractivity contribution in [2.45, 2.75) is 26.3 Å². The molecule has 4 heteroatoms. The van der Waals surface area contributed by atoms with Crippen LogP contribution in [0.25, 0.3) is 5.65 Å². The normalized spacial score (nSPS) is 11.1. The van der Waals surface area contributed by atoms with Crippen molar-refractivity contribution in [2.75, 3.05) is 0 Å². The minimum atomic E-state index is -0.184. The van der Waals surface area contributed by atoms with Crippen LogP contribution in [0.2, 0.25) is 0 Å². The van der Waals surface area contributed by atoms with Crippen molar-refractivity contribution in [1.29, 1.82) is 0 Å². The highest BCUT2D eigenvalue weighted by atomic mass is 16.1. The third-order valence-corrected chi connectivity index (χ3v) is 5.04. The molecule has 140 valence electrons. The number of carbonyl (C=O) groups excluding carboxylic acids is 1. The first-order valence-corrected chi connectivity index (χ1v) is 9.46. The van der Waals surface area contributed by atoms with E-state index in [2.05, 4.69) is 10.3 Å². The number of carbonyl (C=O) groups is 1. The monoisotopic (exact) mass is 369 g/mol. The Morgan fingerprint density at radius 3 is 2.14 bits per heavy atom. The van der Waals surface area contributed by atoms with E-state index in [0.29, 0.717) is 0 Å². The average molecular weight is 369 g/mol. The Morgan fingerprint density at radius 2 is 1.54 bits per heavy atom. The highest BCUT2D eigenvalue weighted by Crippen LogP contribution is 2.22. The molecule has 1 amide bonds. The van der Waals surface area contributed by atoms with E-state index in [9.17, 15) is 4.79 Å². The Kier molecular flexibility index (Phi) is 4.94. The van der Waals surface area contributed by atoms with Crippen LogP contribution >= 0.6 is 0 Å². The van der Waals surface area contributed by atoms with Gasteiger partial charge in [0.25, 0.3) is 0 Å². The lowest BCUT2D eigenvalue weighted by Gasteiger charge is -2.20. The van der Waals surface area contributed by atoms with Crippen LogP contribution in [0.15, 0.2) is 79.0 Å². The molecule has 4 aromatic rings. The minimum absolute atomic E-state index is 0.0240. The van der Waals surface area contributed by atoms with Gasteiger partial charge in [-0.15, -0.1) is 0 Å². The van der Waals surface area contributed by atoms with E-state index in [1.165, 1.54) is 0 Å². The van der Waals surface area contributed by atoms with Crippen molar-refractivity contribution in [3.8, 4) is 0 Å². The summed E-state index contributed by atoms with van der Waals surface area (Å²) in [6.45, 7) is 3.99. The van der Waals surface area contributed by atoms with E-state index in [1.807, 2.05) is 97.2 Å². The van der Waals surface area contributed by atoms with E-state index in [4.69, 9.17) is 0 Å². The van der Waals surface area contributed by atoms with E-state index in [0.717, 1.165) is 33.7 Å². The maximum Gasteiger partial charge on any atom is 0.226 e. The van der Waals surface area contributed by atoms with Gasteiger partial charge >= 0.3 is 0 Å². The van der Waals surface area contributed by atoms with Gasteiger partial charge in [0.1, 0.15) is 5.65 Å². The van der Waals surface area contributed by atoms with Crippen LogP contribution in [0.4, 0.5) is 0 Å². The number of nitrogens with one attached hydrogen (secondary N) is 1. The van der Waals surface area contributed by atoms with Crippen LogP contribution in [-0.2, 0) is 11.2 Å². The van der Waals surface area contributed by atoms with Gasteiger partial charge in [-0.3, -0.25) is 4.79 Å². The predicted molar refractivity (Wildman–Crippen MR) is 111 cm³/mol. The Labute approximate surface area is 164 Å². The fraction of sp³-hybridized carbons (Fsp3) is 0.167. The second-order valence-electron chi connectivity index (χ2n) is 7.03. The predicted octanol–water partition coefficient (Wildman–Crippen LogP) is 4.40. The van der Waals surface area contributed by atoms with E-state index in [-0.39, 0.29) is 18.4 Å². The number of hydrogen-bond acceptors (Lipinski definition) is 2. The molecule has 4 nitrogen and oxygen atoms in total. The molecule has 0 fully saturated rings. The number of benzene rings is 2. The van der Waals surface area contributed by atoms with Gasteiger partial charge in [0, 0.05) is 6.20 Å². The molecule has 0 aliphatic rings. The maximum atomic E-state index is 13.0. The first kappa shape index (κ1) is 18.0. The van der Waals surface area contributed by atoms with Crippen molar-refractivity contribution in [3.63, 3.8) is 0 Å². The van der Waals surface area contributed by atoms with Crippen LogP contribution in [0.3, 0.4) is 0 Å². The molecule has 2 heterocycles. The number of rotatable bonds is 5. The molecule has 28 heavy (non-hydrogen) atoms. The zero-order valence-electron chi connectivity index (χ0n) is 16.1. The van der Waals surface area contributed by atoms with Crippen molar-refractivity contribution in [2.24, 2.45) is 0 Å². The van der Waals surface area contributed by atoms with Crippen molar-refractivity contribution >= 4 is 11.6 Å². The summed E-state index contributed by atoms with van der Waals surface area (Å²) in [6.07, 6.45) is 2.25. The Bertz CT molecular complexity index is 1060. The summed E-state index contributed by atoms with van der Waals surface area (Å²) in [4.78, 5) is 17.6. The highest BCUT2D eigenvalue weighted by Gasteiger charge is 2.19. The van der Waals surface area contributed by atoms with Crippen LogP contribution in [-0.4, -0.2) is 15.3 Å². The summed E-state index contributed by atoms with van der Waals surface area (Å²) in [5, 5.41) is 3.21. The number of amides is 1. The lowest BCUT2D eigenvalue weighted by molar-refractivity contribution is -0.121. The van der Waals surface area contributed by atoms with Crippen LogP contribution < -0.4 is 5.32 Å². The van der Waals surface area contributed by atoms with E-state index >= 15 is 0 Å². The molecule has 0 unspecified atom stereocenters. The lowest BCUT2D eigenvalue weighted by Crippen LogP contribution is -2.31. The molecule has 0 radical (unpaired) electrons. The summed E-state index contributed by atoms with van der Waals surface area (Å²) in [5.74, 6) is -0.0240. The third-order valence-electron chi connectivity index (χ3n) is 5.04. The van der Waals surface area contributed by atoms with Crippen molar-refractivity contribution in [3.05, 3.63) is 107 Å². The fourth-order valence-corrected chi connectivity index (χ4v) is 3.59. The molecule has 2 aromatic carbocycles. The standard InChI is InChI=1S/C24H23N3O/c1-17-10-9-15-27-21(18(2)25-24(17)27)16-22(28)26-23(19-11-5-3-6-12-19)20-13-7-4-8-14-20/h3-15,23H,16H2,1-2H3,(H,26,28). The summed E-state index contributed by atoms with van der Waals surface area (Å²) in [6, 6.07) is 24.0. The number of pyridine rings is 1. The molecule has 0 aliphatic carbocycles. The fourth-order valence-electron chi connectivity index (χ4n) is 3.59. The number of hydrogen-bond donors (Lipinski definition) is 1. The Morgan fingerprint density at radius 1 is 0.929 bits per heavy atom. The molecule has 0 bridgehead atoms. The molecule has 1 N–H and O–H groups in total. The molecular formula is C24H23N3O. The molecule has 0 saturated heterocycles.